The van der Waals surface area contributed by atoms with Gasteiger partial charge in [0.25, 0.3) is 5.91 Å². The highest BCUT2D eigenvalue weighted by molar-refractivity contribution is 5.83. The summed E-state index contributed by atoms with van der Waals surface area (Å²) in [4.78, 5) is 21.3. The molecule has 0 heterocycles. The maximum atomic E-state index is 10.8. The highest BCUT2D eigenvalue weighted by Crippen LogP contribution is 1.88. The second-order valence-electron chi connectivity index (χ2n) is 2.04. The van der Waals surface area contributed by atoms with Crippen LogP contribution in [0.5, 0.6) is 0 Å². The molecule has 0 aliphatic carbocycles. The van der Waals surface area contributed by atoms with Gasteiger partial charge >= 0.3 is 6.03 Å². The number of carbonyl (C=O) groups excluding carboxylic acids is 2. The molecular formula is C6H10N4O2. The molecule has 0 saturated heterocycles. The van der Waals surface area contributed by atoms with Crippen molar-refractivity contribution in [3.63, 3.8) is 0 Å². The van der Waals surface area contributed by atoms with Crippen molar-refractivity contribution in [1.29, 1.82) is 5.26 Å². The van der Waals surface area contributed by atoms with Crippen LogP contribution < -0.4 is 16.2 Å². The first kappa shape index (κ1) is 10.2. The molecule has 1 atom stereocenters. The van der Waals surface area contributed by atoms with Gasteiger partial charge in [0.1, 0.15) is 5.92 Å². The van der Waals surface area contributed by atoms with Gasteiger partial charge in [-0.3, -0.25) is 10.2 Å². The Balaban J connectivity index is 3.73. The van der Waals surface area contributed by atoms with Crippen LogP contribution in [0.2, 0.25) is 0 Å². The maximum absolute atomic E-state index is 10.8. The minimum absolute atomic E-state index is 0.534. The lowest BCUT2D eigenvalue weighted by Crippen LogP contribution is -2.47. The summed E-state index contributed by atoms with van der Waals surface area (Å²) in [5.74, 6) is -1.32. The Kier molecular flexibility index (Phi) is 4.23. The van der Waals surface area contributed by atoms with Crippen molar-refractivity contribution in [2.45, 2.75) is 6.92 Å². The van der Waals surface area contributed by atoms with E-state index in [-0.39, 0.29) is 0 Å². The molecule has 0 radical (unpaired) electrons. The van der Waals surface area contributed by atoms with E-state index in [1.54, 1.807) is 6.07 Å². The Bertz CT molecular complexity index is 220. The van der Waals surface area contributed by atoms with E-state index >= 15 is 0 Å². The minimum Gasteiger partial charge on any atom is -0.340 e. The second kappa shape index (κ2) is 4.96. The molecule has 6 heteroatoms. The van der Waals surface area contributed by atoms with Crippen LogP contribution in [0.15, 0.2) is 0 Å². The monoisotopic (exact) mass is 170 g/mol. The van der Waals surface area contributed by atoms with Crippen LogP contribution in [0.4, 0.5) is 4.79 Å². The van der Waals surface area contributed by atoms with Gasteiger partial charge in [0.2, 0.25) is 0 Å². The molecule has 0 aliphatic heterocycles. The largest absolute Gasteiger partial charge is 0.340 e. The van der Waals surface area contributed by atoms with E-state index in [0.717, 1.165) is 0 Å². The molecule has 0 aromatic heterocycles. The molecular weight excluding hydrogens is 160 g/mol. The van der Waals surface area contributed by atoms with Gasteiger partial charge in [-0.05, 0) is 6.92 Å². The first-order chi connectivity index (χ1) is 5.61. The van der Waals surface area contributed by atoms with Crippen LogP contribution in [0, 0.1) is 17.2 Å². The first-order valence-electron chi connectivity index (χ1n) is 3.29. The number of nitriles is 1. The highest BCUT2D eigenvalue weighted by Gasteiger charge is 2.10. The summed E-state index contributed by atoms with van der Waals surface area (Å²) >= 11 is 0. The van der Waals surface area contributed by atoms with Crippen LogP contribution in [-0.2, 0) is 4.79 Å². The van der Waals surface area contributed by atoms with Crippen molar-refractivity contribution >= 4 is 11.9 Å². The summed E-state index contributed by atoms with van der Waals surface area (Å²) in [7, 11) is 1.41. The molecule has 0 aliphatic rings. The number of hydrazine groups is 1. The van der Waals surface area contributed by atoms with Crippen LogP contribution in [0.25, 0.3) is 0 Å². The van der Waals surface area contributed by atoms with Crippen LogP contribution in [0.1, 0.15) is 6.92 Å². The number of hydrogen-bond acceptors (Lipinski definition) is 3. The standard InChI is InChI=1S/C6H10N4O2/c1-4(3-7)5(11)9-10-6(12)8-2/h4H,1-2H3,(H,9,11)(H2,8,10,12). The van der Waals surface area contributed by atoms with Gasteiger partial charge in [-0.2, -0.15) is 5.26 Å². The fourth-order valence-corrected chi connectivity index (χ4v) is 0.348. The van der Waals surface area contributed by atoms with Crippen molar-refractivity contribution < 1.29 is 9.59 Å². The Hall–Kier alpha value is -1.77. The summed E-state index contributed by atoms with van der Waals surface area (Å²) in [6.07, 6.45) is 0. The van der Waals surface area contributed by atoms with Crippen LogP contribution in [-0.4, -0.2) is 19.0 Å². The summed E-state index contributed by atoms with van der Waals surface area (Å²) in [6, 6.07) is 1.19. The molecule has 1 unspecified atom stereocenters. The van der Waals surface area contributed by atoms with Crippen LogP contribution in [0.3, 0.4) is 0 Å². The van der Waals surface area contributed by atoms with E-state index in [2.05, 4.69) is 10.7 Å². The number of nitrogens with zero attached hydrogens (tertiary/aromatic N) is 1. The van der Waals surface area contributed by atoms with E-state index in [1.807, 2.05) is 5.43 Å². The normalized spacial score (nSPS) is 10.8. The number of urea groups is 1. The second-order valence-corrected chi connectivity index (χ2v) is 2.04. The smallest absolute Gasteiger partial charge is 0.333 e. The summed E-state index contributed by atoms with van der Waals surface area (Å²) in [5, 5.41) is 10.5. The van der Waals surface area contributed by atoms with Gasteiger partial charge in [-0.15, -0.1) is 0 Å². The molecule has 0 bridgehead atoms. The fraction of sp³-hybridized carbons (Fsp3) is 0.500. The number of amides is 3. The van der Waals surface area contributed by atoms with E-state index < -0.39 is 17.9 Å². The van der Waals surface area contributed by atoms with Crippen molar-refractivity contribution in [3.8, 4) is 6.07 Å². The SMILES string of the molecule is CNC(=O)NNC(=O)C(C)C#N. The molecule has 6 nitrogen and oxygen atoms in total. The Morgan fingerprint density at radius 2 is 2.00 bits per heavy atom. The molecule has 0 saturated carbocycles. The topological polar surface area (TPSA) is 94.0 Å². The van der Waals surface area contributed by atoms with Gasteiger partial charge in [-0.1, -0.05) is 0 Å². The molecule has 0 aromatic rings. The quantitative estimate of drug-likeness (QED) is 0.445. The third kappa shape index (κ3) is 3.41. The van der Waals surface area contributed by atoms with Crippen molar-refractivity contribution in [3.05, 3.63) is 0 Å². The summed E-state index contributed by atoms with van der Waals surface area (Å²) < 4.78 is 0. The van der Waals surface area contributed by atoms with E-state index in [4.69, 9.17) is 5.26 Å². The average molecular weight is 170 g/mol. The van der Waals surface area contributed by atoms with Crippen molar-refractivity contribution in [1.82, 2.24) is 16.2 Å². The highest BCUT2D eigenvalue weighted by atomic mass is 16.2. The molecule has 0 fully saturated rings. The molecule has 0 rings (SSSR count). The molecule has 12 heavy (non-hydrogen) atoms. The maximum Gasteiger partial charge on any atom is 0.333 e. The average Bonchev–Trinajstić information content (AvgIpc) is 2.11. The Labute approximate surface area is 69.9 Å². The number of hydrogen-bond donors (Lipinski definition) is 3. The van der Waals surface area contributed by atoms with Crippen molar-refractivity contribution in [2.75, 3.05) is 7.05 Å². The lowest BCUT2D eigenvalue weighted by Gasteiger charge is -2.06. The molecule has 66 valence electrons. The van der Waals surface area contributed by atoms with E-state index in [9.17, 15) is 9.59 Å². The lowest BCUT2D eigenvalue weighted by molar-refractivity contribution is -0.123. The zero-order chi connectivity index (χ0) is 9.56. The van der Waals surface area contributed by atoms with Gasteiger partial charge in [-0.25, -0.2) is 10.2 Å². The van der Waals surface area contributed by atoms with Gasteiger partial charge < -0.3 is 5.32 Å². The zero-order valence-electron chi connectivity index (χ0n) is 6.84. The van der Waals surface area contributed by atoms with Gasteiger partial charge in [0.15, 0.2) is 0 Å². The lowest BCUT2D eigenvalue weighted by atomic mass is 10.2. The number of nitrogens with one attached hydrogen (secondary N) is 3. The Morgan fingerprint density at radius 3 is 2.42 bits per heavy atom. The summed E-state index contributed by atoms with van der Waals surface area (Å²) in [6.45, 7) is 1.43. The number of carbonyl (C=O) groups is 2. The molecule has 3 N–H and O–H groups in total. The van der Waals surface area contributed by atoms with Gasteiger partial charge in [0.05, 0.1) is 6.07 Å². The molecule has 0 aromatic carbocycles. The third-order valence-electron chi connectivity index (χ3n) is 1.11. The first-order valence-corrected chi connectivity index (χ1v) is 3.29. The molecule has 3 amide bonds. The van der Waals surface area contributed by atoms with Crippen molar-refractivity contribution in [2.24, 2.45) is 5.92 Å². The Morgan fingerprint density at radius 1 is 1.42 bits per heavy atom. The predicted molar refractivity (Wildman–Crippen MR) is 40.5 cm³/mol. The van der Waals surface area contributed by atoms with E-state index in [0.29, 0.717) is 0 Å². The van der Waals surface area contributed by atoms with Gasteiger partial charge in [0, 0.05) is 7.05 Å². The minimum atomic E-state index is -0.776. The number of rotatable bonds is 1. The summed E-state index contributed by atoms with van der Waals surface area (Å²) in [5.41, 5.74) is 4.11. The fourth-order valence-electron chi connectivity index (χ4n) is 0.348. The predicted octanol–water partition coefficient (Wildman–Crippen LogP) is -0.894. The zero-order valence-corrected chi connectivity index (χ0v) is 6.84. The molecule has 0 spiro atoms. The van der Waals surface area contributed by atoms with Crippen LogP contribution >= 0.6 is 0 Å². The third-order valence-corrected chi connectivity index (χ3v) is 1.11. The van der Waals surface area contributed by atoms with E-state index in [1.165, 1.54) is 14.0 Å².